The van der Waals surface area contributed by atoms with Crippen LogP contribution in [0.3, 0.4) is 0 Å². The summed E-state index contributed by atoms with van der Waals surface area (Å²) in [7, 11) is -3.70. The molecule has 1 amide bonds. The Balaban J connectivity index is 1.77. The van der Waals surface area contributed by atoms with Crippen molar-refractivity contribution in [1.82, 2.24) is 14.5 Å². The van der Waals surface area contributed by atoms with Crippen molar-refractivity contribution in [3.63, 3.8) is 0 Å². The number of sulfonamides is 1. The number of amides is 1. The summed E-state index contributed by atoms with van der Waals surface area (Å²) >= 11 is 2.76. The molecule has 2 aromatic rings. The third-order valence-electron chi connectivity index (χ3n) is 2.77. The number of thioether (sulfide) groups is 1. The fraction of sp³-hybridized carbons (Fsp3) is 0.182. The lowest BCUT2D eigenvalue weighted by Crippen LogP contribution is -2.32. The molecule has 0 radical (unpaired) electrons. The number of carbonyl (C=O) groups excluding carboxylic acids is 1. The lowest BCUT2D eigenvalue weighted by molar-refractivity contribution is 0.0876. The number of fused-ring (bicyclic) bond motifs is 1. The third kappa shape index (κ3) is 2.21. The summed E-state index contributed by atoms with van der Waals surface area (Å²) in [5.74, 6) is -0.00722. The Morgan fingerprint density at radius 2 is 2.10 bits per heavy atom. The van der Waals surface area contributed by atoms with Gasteiger partial charge in [0.15, 0.2) is 4.34 Å². The molecule has 0 aliphatic carbocycles. The first-order valence-electron chi connectivity index (χ1n) is 5.66. The zero-order valence-electron chi connectivity index (χ0n) is 10.1. The van der Waals surface area contributed by atoms with Crippen molar-refractivity contribution in [2.45, 2.75) is 9.24 Å². The topological polar surface area (TPSA) is 80.2 Å². The number of aromatic nitrogens is 2. The van der Waals surface area contributed by atoms with Crippen LogP contribution in [0.2, 0.25) is 0 Å². The molecule has 0 N–H and O–H groups in total. The van der Waals surface area contributed by atoms with E-state index in [0.29, 0.717) is 5.75 Å². The van der Waals surface area contributed by atoms with E-state index in [9.17, 15) is 13.2 Å². The monoisotopic (exact) mass is 327 g/mol. The van der Waals surface area contributed by atoms with E-state index in [-0.39, 0.29) is 17.0 Å². The summed E-state index contributed by atoms with van der Waals surface area (Å²) in [6.45, 7) is 0.125. The quantitative estimate of drug-likeness (QED) is 0.791. The summed E-state index contributed by atoms with van der Waals surface area (Å²) in [6, 6.07) is 6.27. The Bertz CT molecular complexity index is 743. The van der Waals surface area contributed by atoms with Crippen LogP contribution >= 0.6 is 23.1 Å². The average Bonchev–Trinajstić information content (AvgIpc) is 3.01. The van der Waals surface area contributed by atoms with Crippen LogP contribution in [0.5, 0.6) is 0 Å². The minimum atomic E-state index is -3.70. The Morgan fingerprint density at radius 1 is 1.30 bits per heavy atom. The molecule has 1 aliphatic rings. The molecule has 0 saturated heterocycles. The van der Waals surface area contributed by atoms with Gasteiger partial charge in [0.25, 0.3) is 15.9 Å². The van der Waals surface area contributed by atoms with Crippen molar-refractivity contribution in [2.24, 2.45) is 0 Å². The van der Waals surface area contributed by atoms with E-state index < -0.39 is 15.9 Å². The largest absolute Gasteiger partial charge is 0.269 e. The highest BCUT2D eigenvalue weighted by Gasteiger charge is 2.40. The SMILES string of the molecule is O=C1c2ccccc2S(=O)(=O)N1CCSc1nncs1. The average molecular weight is 327 g/mol. The summed E-state index contributed by atoms with van der Waals surface area (Å²) < 4.78 is 26.2. The van der Waals surface area contributed by atoms with E-state index in [1.54, 1.807) is 17.6 Å². The molecule has 104 valence electrons. The molecule has 6 nitrogen and oxygen atoms in total. The molecule has 0 spiro atoms. The molecule has 0 bridgehead atoms. The van der Waals surface area contributed by atoms with Crippen LogP contribution in [0.25, 0.3) is 0 Å². The number of carbonyl (C=O) groups is 1. The van der Waals surface area contributed by atoms with Crippen molar-refractivity contribution < 1.29 is 13.2 Å². The lowest BCUT2D eigenvalue weighted by Gasteiger charge is -2.13. The highest BCUT2D eigenvalue weighted by atomic mass is 32.2. The van der Waals surface area contributed by atoms with Gasteiger partial charge in [0, 0.05) is 12.3 Å². The van der Waals surface area contributed by atoms with Gasteiger partial charge < -0.3 is 0 Å². The maximum absolute atomic E-state index is 12.3. The van der Waals surface area contributed by atoms with Crippen LogP contribution in [0.15, 0.2) is 39.0 Å². The van der Waals surface area contributed by atoms with E-state index in [1.165, 1.54) is 35.2 Å². The Labute approximate surface area is 123 Å². The van der Waals surface area contributed by atoms with Gasteiger partial charge in [-0.2, -0.15) is 0 Å². The van der Waals surface area contributed by atoms with Gasteiger partial charge in [-0.25, -0.2) is 12.7 Å². The summed E-state index contributed by atoms with van der Waals surface area (Å²) in [4.78, 5) is 12.2. The number of benzene rings is 1. The second-order valence-electron chi connectivity index (χ2n) is 3.93. The van der Waals surface area contributed by atoms with Gasteiger partial charge in [-0.3, -0.25) is 4.79 Å². The molecule has 9 heteroatoms. The molecule has 2 heterocycles. The Hall–Kier alpha value is -1.45. The lowest BCUT2D eigenvalue weighted by atomic mass is 10.2. The van der Waals surface area contributed by atoms with Crippen LogP contribution in [0.4, 0.5) is 0 Å². The van der Waals surface area contributed by atoms with Gasteiger partial charge >= 0.3 is 0 Å². The van der Waals surface area contributed by atoms with Crippen LogP contribution in [-0.2, 0) is 10.0 Å². The standard InChI is InChI=1S/C11H9N3O3S3/c15-10-8-3-1-2-4-9(8)20(16,17)14(10)5-6-18-11-13-12-7-19-11/h1-4,7H,5-6H2. The molecule has 1 aromatic heterocycles. The van der Waals surface area contributed by atoms with Gasteiger partial charge in [-0.1, -0.05) is 35.2 Å². The minimum Gasteiger partial charge on any atom is -0.268 e. The molecule has 0 saturated carbocycles. The van der Waals surface area contributed by atoms with Crippen molar-refractivity contribution in [1.29, 1.82) is 0 Å². The minimum absolute atomic E-state index is 0.0888. The third-order valence-corrected chi connectivity index (χ3v) is 6.45. The number of nitrogens with zero attached hydrogens (tertiary/aromatic N) is 3. The number of rotatable bonds is 4. The predicted octanol–water partition coefficient (Wildman–Crippen LogP) is 1.47. The fourth-order valence-corrected chi connectivity index (χ4v) is 5.06. The van der Waals surface area contributed by atoms with Gasteiger partial charge in [-0.15, -0.1) is 10.2 Å². The normalized spacial score (nSPS) is 16.4. The zero-order valence-corrected chi connectivity index (χ0v) is 12.5. The molecule has 3 rings (SSSR count). The summed E-state index contributed by atoms with van der Waals surface area (Å²) in [5, 5.41) is 7.55. The van der Waals surface area contributed by atoms with Crippen molar-refractivity contribution in [3.8, 4) is 0 Å². The number of hydrogen-bond donors (Lipinski definition) is 0. The Morgan fingerprint density at radius 3 is 2.80 bits per heavy atom. The maximum Gasteiger partial charge on any atom is 0.269 e. The maximum atomic E-state index is 12.3. The fourth-order valence-electron chi connectivity index (χ4n) is 1.89. The van der Waals surface area contributed by atoms with E-state index in [2.05, 4.69) is 10.2 Å². The van der Waals surface area contributed by atoms with Gasteiger partial charge in [-0.05, 0) is 12.1 Å². The van der Waals surface area contributed by atoms with Crippen LogP contribution < -0.4 is 0 Å². The molecular weight excluding hydrogens is 318 g/mol. The second kappa shape index (κ2) is 5.15. The molecule has 1 aliphatic heterocycles. The van der Waals surface area contributed by atoms with E-state index in [1.807, 2.05) is 0 Å². The molecule has 1 aromatic carbocycles. The predicted molar refractivity (Wildman–Crippen MR) is 75.3 cm³/mol. The highest BCUT2D eigenvalue weighted by molar-refractivity contribution is 8.01. The van der Waals surface area contributed by atoms with E-state index in [4.69, 9.17) is 0 Å². The molecule has 0 atom stereocenters. The molecule has 0 fully saturated rings. The summed E-state index contributed by atoms with van der Waals surface area (Å²) in [5.41, 5.74) is 1.85. The molecular formula is C11H9N3O3S3. The molecule has 0 unspecified atom stereocenters. The van der Waals surface area contributed by atoms with Gasteiger partial charge in [0.2, 0.25) is 0 Å². The smallest absolute Gasteiger partial charge is 0.268 e. The second-order valence-corrected chi connectivity index (χ2v) is 7.94. The number of hydrogen-bond acceptors (Lipinski definition) is 7. The first kappa shape index (κ1) is 13.5. The van der Waals surface area contributed by atoms with Crippen molar-refractivity contribution in [2.75, 3.05) is 12.3 Å². The van der Waals surface area contributed by atoms with Crippen LogP contribution in [0.1, 0.15) is 10.4 Å². The zero-order chi connectivity index (χ0) is 14.2. The van der Waals surface area contributed by atoms with E-state index >= 15 is 0 Å². The van der Waals surface area contributed by atoms with Crippen molar-refractivity contribution in [3.05, 3.63) is 35.3 Å². The first-order valence-corrected chi connectivity index (χ1v) is 8.96. The summed E-state index contributed by atoms with van der Waals surface area (Å²) in [6.07, 6.45) is 0. The van der Waals surface area contributed by atoms with Crippen molar-refractivity contribution >= 4 is 39.0 Å². The van der Waals surface area contributed by atoms with E-state index in [0.717, 1.165) is 8.64 Å². The Kier molecular flexibility index (Phi) is 3.48. The van der Waals surface area contributed by atoms with Gasteiger partial charge in [0.05, 0.1) is 5.56 Å². The van der Waals surface area contributed by atoms with Crippen LogP contribution in [-0.4, -0.2) is 41.1 Å². The first-order chi connectivity index (χ1) is 9.60. The molecule has 20 heavy (non-hydrogen) atoms. The highest BCUT2D eigenvalue weighted by Crippen LogP contribution is 2.30. The van der Waals surface area contributed by atoms with Gasteiger partial charge in [0.1, 0.15) is 10.4 Å². The van der Waals surface area contributed by atoms with Crippen LogP contribution in [0, 0.1) is 0 Å².